The molecule has 0 radical (unpaired) electrons. The van der Waals surface area contributed by atoms with Crippen LogP contribution in [0.2, 0.25) is 0 Å². The molecule has 1 aromatic heterocycles. The second kappa shape index (κ2) is 9.06. The molecule has 0 amide bonds. The van der Waals surface area contributed by atoms with Crippen LogP contribution in [0.4, 0.5) is 5.69 Å². The molecule has 0 bridgehead atoms. The maximum atomic E-state index is 5.50. The third-order valence-corrected chi connectivity index (χ3v) is 5.80. The second-order valence-corrected chi connectivity index (χ2v) is 9.39. The SMILES string of the molecule is C=C(NC1=NCC(C(C)(C)C)=C1)Nc1cccc(Cc2ncnc3cc(C)c(OC)cc23)c1. The molecule has 0 atom stereocenters. The number of methoxy groups -OCH3 is 1. The van der Waals surface area contributed by atoms with E-state index in [1.807, 2.05) is 31.2 Å². The number of hydrogen-bond donors (Lipinski definition) is 2. The Bertz CT molecular complexity index is 1270. The van der Waals surface area contributed by atoms with Crippen LogP contribution in [0.25, 0.3) is 10.9 Å². The molecule has 6 heteroatoms. The topological polar surface area (TPSA) is 71.4 Å². The monoisotopic (exact) mass is 441 g/mol. The van der Waals surface area contributed by atoms with Crippen molar-refractivity contribution in [1.29, 1.82) is 0 Å². The zero-order valence-electron chi connectivity index (χ0n) is 20.0. The van der Waals surface area contributed by atoms with E-state index in [4.69, 9.17) is 4.74 Å². The fourth-order valence-electron chi connectivity index (χ4n) is 3.87. The number of ether oxygens (including phenoxy) is 1. The predicted molar refractivity (Wildman–Crippen MR) is 136 cm³/mol. The van der Waals surface area contributed by atoms with Crippen molar-refractivity contribution in [3.8, 4) is 5.75 Å². The molecule has 0 aliphatic carbocycles. The lowest BCUT2D eigenvalue weighted by atomic mass is 9.87. The van der Waals surface area contributed by atoms with Crippen LogP contribution < -0.4 is 15.4 Å². The summed E-state index contributed by atoms with van der Waals surface area (Å²) in [4.78, 5) is 13.6. The van der Waals surface area contributed by atoms with Gasteiger partial charge in [0.2, 0.25) is 0 Å². The van der Waals surface area contributed by atoms with E-state index >= 15 is 0 Å². The minimum Gasteiger partial charge on any atom is -0.496 e. The number of aryl methyl sites for hydroxylation is 1. The van der Waals surface area contributed by atoms with Crippen LogP contribution in [-0.4, -0.2) is 29.5 Å². The largest absolute Gasteiger partial charge is 0.496 e. The Balaban J connectivity index is 1.48. The molecular formula is C27H31N5O. The molecule has 2 aromatic carbocycles. The maximum Gasteiger partial charge on any atom is 0.126 e. The van der Waals surface area contributed by atoms with Gasteiger partial charge < -0.3 is 15.4 Å². The molecule has 2 heterocycles. The molecular weight excluding hydrogens is 410 g/mol. The Morgan fingerprint density at radius 3 is 2.67 bits per heavy atom. The van der Waals surface area contributed by atoms with Gasteiger partial charge in [-0.15, -0.1) is 0 Å². The molecule has 3 aromatic rings. The highest BCUT2D eigenvalue weighted by molar-refractivity contribution is 5.97. The summed E-state index contributed by atoms with van der Waals surface area (Å²) in [6.07, 6.45) is 4.42. The summed E-state index contributed by atoms with van der Waals surface area (Å²) in [7, 11) is 1.69. The summed E-state index contributed by atoms with van der Waals surface area (Å²) in [5.74, 6) is 2.37. The third kappa shape index (κ3) is 5.22. The highest BCUT2D eigenvalue weighted by atomic mass is 16.5. The predicted octanol–water partition coefficient (Wildman–Crippen LogP) is 5.39. The first-order chi connectivity index (χ1) is 15.7. The second-order valence-electron chi connectivity index (χ2n) is 9.39. The fraction of sp³-hybridized carbons (Fsp3) is 0.296. The van der Waals surface area contributed by atoms with E-state index in [-0.39, 0.29) is 5.41 Å². The minimum absolute atomic E-state index is 0.115. The van der Waals surface area contributed by atoms with Crippen molar-refractivity contribution in [3.05, 3.63) is 83.6 Å². The smallest absolute Gasteiger partial charge is 0.126 e. The van der Waals surface area contributed by atoms with E-state index in [9.17, 15) is 0 Å². The molecule has 0 spiro atoms. The zero-order chi connectivity index (χ0) is 23.6. The van der Waals surface area contributed by atoms with Gasteiger partial charge in [-0.25, -0.2) is 9.97 Å². The molecule has 0 fully saturated rings. The maximum absolute atomic E-state index is 5.50. The van der Waals surface area contributed by atoms with Crippen LogP contribution in [0, 0.1) is 12.3 Å². The van der Waals surface area contributed by atoms with E-state index in [0.29, 0.717) is 12.2 Å². The van der Waals surface area contributed by atoms with Crippen LogP contribution in [-0.2, 0) is 6.42 Å². The standard InChI is InChI=1S/C27H31N5O/c1-17-10-23-22(14-25(17)33-6)24(30-16-29-23)12-19-8-7-9-21(11-19)31-18(2)32-26-13-20(15-28-26)27(3,4)5/h7-11,13-14,16,31H,2,12,15H2,1,3-6H3,(H,28,32). The van der Waals surface area contributed by atoms with Crippen molar-refractivity contribution in [2.75, 3.05) is 19.0 Å². The number of nitrogens with zero attached hydrogens (tertiary/aromatic N) is 3. The Hall–Kier alpha value is -3.67. The molecule has 33 heavy (non-hydrogen) atoms. The lowest BCUT2D eigenvalue weighted by molar-refractivity contribution is 0.412. The van der Waals surface area contributed by atoms with Gasteiger partial charge in [-0.05, 0) is 59.4 Å². The summed E-state index contributed by atoms with van der Waals surface area (Å²) in [5, 5.41) is 7.62. The highest BCUT2D eigenvalue weighted by Gasteiger charge is 2.21. The Labute approximate surface area is 195 Å². The third-order valence-electron chi connectivity index (χ3n) is 5.80. The summed E-state index contributed by atoms with van der Waals surface area (Å²) in [6, 6.07) is 12.3. The molecule has 4 rings (SSSR count). The van der Waals surface area contributed by atoms with Crippen LogP contribution in [0.3, 0.4) is 0 Å². The van der Waals surface area contributed by atoms with Gasteiger partial charge in [-0.1, -0.05) is 39.5 Å². The number of nitrogens with one attached hydrogen (secondary N) is 2. The Kier molecular flexibility index (Phi) is 6.18. The van der Waals surface area contributed by atoms with Crippen molar-refractivity contribution in [2.24, 2.45) is 10.4 Å². The summed E-state index contributed by atoms with van der Waals surface area (Å²) in [5.41, 5.74) is 6.46. The zero-order valence-corrected chi connectivity index (χ0v) is 20.0. The number of benzene rings is 2. The van der Waals surface area contributed by atoms with Crippen molar-refractivity contribution in [2.45, 2.75) is 34.1 Å². The normalized spacial score (nSPS) is 13.5. The number of fused-ring (bicyclic) bond motifs is 1. The first-order valence-corrected chi connectivity index (χ1v) is 11.1. The van der Waals surface area contributed by atoms with Gasteiger partial charge in [0.1, 0.15) is 23.7 Å². The summed E-state index contributed by atoms with van der Waals surface area (Å²) >= 11 is 0. The number of aliphatic imine (C=N–C) groups is 1. The van der Waals surface area contributed by atoms with Crippen molar-refractivity contribution >= 4 is 22.4 Å². The van der Waals surface area contributed by atoms with Crippen molar-refractivity contribution in [1.82, 2.24) is 15.3 Å². The number of amidine groups is 1. The van der Waals surface area contributed by atoms with Gasteiger partial charge in [-0.2, -0.15) is 0 Å². The fourth-order valence-corrected chi connectivity index (χ4v) is 3.87. The van der Waals surface area contributed by atoms with Gasteiger partial charge in [0.25, 0.3) is 0 Å². The van der Waals surface area contributed by atoms with Crippen LogP contribution in [0.5, 0.6) is 5.75 Å². The molecule has 0 saturated carbocycles. The molecule has 170 valence electrons. The van der Waals surface area contributed by atoms with Crippen LogP contribution >= 0.6 is 0 Å². The lowest BCUT2D eigenvalue weighted by Gasteiger charge is -2.18. The lowest BCUT2D eigenvalue weighted by Crippen LogP contribution is -2.24. The van der Waals surface area contributed by atoms with Gasteiger partial charge in [-0.3, -0.25) is 4.99 Å². The van der Waals surface area contributed by atoms with E-state index in [1.54, 1.807) is 13.4 Å². The van der Waals surface area contributed by atoms with Gasteiger partial charge in [0, 0.05) is 17.5 Å². The molecule has 1 aliphatic heterocycles. The van der Waals surface area contributed by atoms with Crippen LogP contribution in [0.15, 0.2) is 71.8 Å². The van der Waals surface area contributed by atoms with Crippen molar-refractivity contribution in [3.63, 3.8) is 0 Å². The first-order valence-electron chi connectivity index (χ1n) is 11.1. The summed E-state index contributed by atoms with van der Waals surface area (Å²) < 4.78 is 5.50. The molecule has 0 unspecified atom stereocenters. The number of aromatic nitrogens is 2. The Morgan fingerprint density at radius 2 is 1.94 bits per heavy atom. The first kappa shape index (κ1) is 22.5. The van der Waals surface area contributed by atoms with Gasteiger partial charge in [0.15, 0.2) is 0 Å². The number of hydrogen-bond acceptors (Lipinski definition) is 6. The summed E-state index contributed by atoms with van der Waals surface area (Å²) in [6.45, 7) is 13.5. The van der Waals surface area contributed by atoms with Crippen LogP contribution in [0.1, 0.15) is 37.6 Å². The van der Waals surface area contributed by atoms with E-state index < -0.39 is 0 Å². The average molecular weight is 442 g/mol. The average Bonchev–Trinajstić information content (AvgIpc) is 3.22. The molecule has 0 saturated heterocycles. The van der Waals surface area contributed by atoms with Gasteiger partial charge >= 0.3 is 0 Å². The Morgan fingerprint density at radius 1 is 1.12 bits per heavy atom. The minimum atomic E-state index is 0.115. The highest BCUT2D eigenvalue weighted by Crippen LogP contribution is 2.28. The van der Waals surface area contributed by atoms with E-state index in [2.05, 4.69) is 71.2 Å². The van der Waals surface area contributed by atoms with E-state index in [1.165, 1.54) is 5.57 Å². The van der Waals surface area contributed by atoms with E-state index in [0.717, 1.165) is 51.5 Å². The quantitative estimate of drug-likeness (QED) is 0.536. The number of anilines is 1. The molecule has 2 N–H and O–H groups in total. The number of rotatable bonds is 6. The van der Waals surface area contributed by atoms with Gasteiger partial charge in [0.05, 0.1) is 24.9 Å². The molecule has 6 nitrogen and oxygen atoms in total. The molecule has 1 aliphatic rings. The van der Waals surface area contributed by atoms with Crippen molar-refractivity contribution < 1.29 is 4.74 Å².